The third kappa shape index (κ3) is 4.29. The van der Waals surface area contributed by atoms with Crippen molar-refractivity contribution in [3.63, 3.8) is 0 Å². The summed E-state index contributed by atoms with van der Waals surface area (Å²) < 4.78 is 22.5. The van der Waals surface area contributed by atoms with Gasteiger partial charge in [-0.1, -0.05) is 29.8 Å². The maximum Gasteiger partial charge on any atom is 0.266 e. The predicted octanol–water partition coefficient (Wildman–Crippen LogP) is 3.23. The van der Waals surface area contributed by atoms with E-state index in [4.69, 9.17) is 16.3 Å². The summed E-state index contributed by atoms with van der Waals surface area (Å²) in [5.41, 5.74) is 1.22. The molecule has 8 nitrogen and oxygen atoms in total. The van der Waals surface area contributed by atoms with Crippen molar-refractivity contribution in [3.05, 3.63) is 81.7 Å². The highest BCUT2D eigenvalue weighted by molar-refractivity contribution is 6.32. The van der Waals surface area contributed by atoms with E-state index < -0.39 is 0 Å². The van der Waals surface area contributed by atoms with Crippen molar-refractivity contribution in [2.45, 2.75) is 19.0 Å². The lowest BCUT2D eigenvalue weighted by Crippen LogP contribution is -2.33. The molecule has 0 radical (unpaired) electrons. The number of rotatable bonds is 7. The Labute approximate surface area is 199 Å². The van der Waals surface area contributed by atoms with E-state index in [2.05, 4.69) is 15.4 Å². The third-order valence-electron chi connectivity index (χ3n) is 6.15. The van der Waals surface area contributed by atoms with E-state index >= 15 is 0 Å². The molecule has 34 heavy (non-hydrogen) atoms. The minimum Gasteiger partial charge on any atom is -0.394 e. The Balaban J connectivity index is 1.47. The van der Waals surface area contributed by atoms with Crippen molar-refractivity contribution < 1.29 is 14.2 Å². The Morgan fingerprint density at radius 1 is 1.29 bits per heavy atom. The molecule has 2 atom stereocenters. The van der Waals surface area contributed by atoms with Crippen LogP contribution in [-0.2, 0) is 11.3 Å². The van der Waals surface area contributed by atoms with Crippen LogP contribution in [0.3, 0.4) is 0 Å². The van der Waals surface area contributed by atoms with Crippen LogP contribution in [0.15, 0.2) is 59.8 Å². The minimum absolute atomic E-state index is 0.0687. The molecule has 176 valence electrons. The number of fused-ring (bicyclic) bond motifs is 1. The Morgan fingerprint density at radius 2 is 2.15 bits per heavy atom. The fraction of sp³-hybridized carbons (Fsp3) is 0.292. The summed E-state index contributed by atoms with van der Waals surface area (Å²) in [6, 6.07) is 9.68. The van der Waals surface area contributed by atoms with Crippen LogP contribution >= 0.6 is 11.6 Å². The molecule has 3 aromatic heterocycles. The van der Waals surface area contributed by atoms with E-state index in [1.807, 2.05) is 0 Å². The van der Waals surface area contributed by atoms with Gasteiger partial charge in [0.15, 0.2) is 0 Å². The molecule has 10 heteroatoms. The summed E-state index contributed by atoms with van der Waals surface area (Å²) in [6.45, 7) is 1.38. The predicted molar refractivity (Wildman–Crippen MR) is 127 cm³/mol. The summed E-state index contributed by atoms with van der Waals surface area (Å²) in [5, 5.41) is 18.0. The molecule has 0 amide bonds. The average Bonchev–Trinajstić information content (AvgIpc) is 3.52. The van der Waals surface area contributed by atoms with Gasteiger partial charge >= 0.3 is 0 Å². The maximum absolute atomic E-state index is 14.1. The van der Waals surface area contributed by atoms with Crippen LogP contribution in [0.25, 0.3) is 16.6 Å². The molecular weight excluding hydrogens is 461 g/mol. The number of hydrogen-bond acceptors (Lipinski definition) is 6. The summed E-state index contributed by atoms with van der Waals surface area (Å²) in [4.78, 5) is 17.6. The summed E-state index contributed by atoms with van der Waals surface area (Å²) >= 11 is 6.40. The second kappa shape index (κ2) is 9.54. The first-order valence-corrected chi connectivity index (χ1v) is 11.3. The first-order chi connectivity index (χ1) is 16.5. The van der Waals surface area contributed by atoms with E-state index in [1.165, 1.54) is 23.0 Å². The number of aliphatic hydroxyl groups is 1. The lowest BCUT2D eigenvalue weighted by atomic mass is 10.00. The Kier molecular flexibility index (Phi) is 6.32. The summed E-state index contributed by atoms with van der Waals surface area (Å²) in [6.07, 6.45) is 5.41. The van der Waals surface area contributed by atoms with Crippen LogP contribution in [0.5, 0.6) is 0 Å². The van der Waals surface area contributed by atoms with Gasteiger partial charge < -0.3 is 15.2 Å². The average molecular weight is 484 g/mol. The minimum atomic E-state index is -0.326. The van der Waals surface area contributed by atoms with Gasteiger partial charge in [0, 0.05) is 30.4 Å². The first-order valence-electron chi connectivity index (χ1n) is 11.0. The Hall–Kier alpha value is -3.27. The van der Waals surface area contributed by atoms with E-state index in [0.717, 1.165) is 6.42 Å². The molecular formula is C24H23ClFN5O3. The molecule has 0 aliphatic carbocycles. The monoisotopic (exact) mass is 483 g/mol. The van der Waals surface area contributed by atoms with Crippen LogP contribution < -0.4 is 10.9 Å². The number of nitrogens with one attached hydrogen (secondary N) is 1. The standard InChI is InChI=1S/C24H23ClFN5O3/c25-18-11-27-23(29-20(13-32)16-6-8-34-14-16)9-22(18)30-7-5-21-17(24(30)33)10-28-31(21)12-15-3-1-2-4-19(15)26/h1-5,7,9-11,16,20,32H,6,8,12-14H2,(H,27,29). The second-order valence-corrected chi connectivity index (χ2v) is 8.67. The highest BCUT2D eigenvalue weighted by Gasteiger charge is 2.25. The van der Waals surface area contributed by atoms with Gasteiger partial charge in [0.2, 0.25) is 0 Å². The molecule has 1 fully saturated rings. The van der Waals surface area contributed by atoms with Crippen molar-refractivity contribution in [1.82, 2.24) is 19.3 Å². The van der Waals surface area contributed by atoms with Crippen LogP contribution in [-0.4, -0.2) is 50.3 Å². The van der Waals surface area contributed by atoms with Gasteiger partial charge in [0.05, 0.1) is 59.8 Å². The zero-order valence-corrected chi connectivity index (χ0v) is 19.0. The van der Waals surface area contributed by atoms with Crippen LogP contribution in [0.1, 0.15) is 12.0 Å². The van der Waals surface area contributed by atoms with Crippen LogP contribution in [0, 0.1) is 11.7 Å². The molecule has 4 heterocycles. The van der Waals surface area contributed by atoms with E-state index in [1.54, 1.807) is 41.2 Å². The molecule has 1 aliphatic rings. The van der Waals surface area contributed by atoms with Gasteiger partial charge in [0.1, 0.15) is 11.6 Å². The van der Waals surface area contributed by atoms with Gasteiger partial charge in [-0.25, -0.2) is 9.37 Å². The van der Waals surface area contributed by atoms with Gasteiger partial charge in [-0.15, -0.1) is 0 Å². The van der Waals surface area contributed by atoms with Gasteiger partial charge in [0.25, 0.3) is 5.56 Å². The first kappa shape index (κ1) is 22.5. The van der Waals surface area contributed by atoms with Crippen LogP contribution in [0.4, 0.5) is 10.2 Å². The van der Waals surface area contributed by atoms with Crippen molar-refractivity contribution in [2.24, 2.45) is 5.92 Å². The quantitative estimate of drug-likeness (QED) is 0.419. The molecule has 2 N–H and O–H groups in total. The normalized spacial score (nSPS) is 16.7. The van der Waals surface area contributed by atoms with Crippen molar-refractivity contribution in [1.29, 1.82) is 0 Å². The molecule has 4 aromatic rings. The Morgan fingerprint density at radius 3 is 2.91 bits per heavy atom. The molecule has 1 saturated heterocycles. The number of halogens is 2. The molecule has 0 spiro atoms. The van der Waals surface area contributed by atoms with Gasteiger partial charge in [-0.2, -0.15) is 5.10 Å². The molecule has 1 aliphatic heterocycles. The highest BCUT2D eigenvalue weighted by atomic mass is 35.5. The summed E-state index contributed by atoms with van der Waals surface area (Å²) in [5.74, 6) is 0.339. The lowest BCUT2D eigenvalue weighted by molar-refractivity contribution is 0.169. The molecule has 2 unspecified atom stereocenters. The second-order valence-electron chi connectivity index (χ2n) is 8.26. The number of nitrogens with zero attached hydrogens (tertiary/aromatic N) is 4. The topological polar surface area (TPSA) is 94.2 Å². The number of aliphatic hydroxyl groups excluding tert-OH is 1. The number of aromatic nitrogens is 4. The highest BCUT2D eigenvalue weighted by Crippen LogP contribution is 2.25. The van der Waals surface area contributed by atoms with Gasteiger partial charge in [-0.05, 0) is 18.6 Å². The van der Waals surface area contributed by atoms with E-state index in [0.29, 0.717) is 46.2 Å². The van der Waals surface area contributed by atoms with E-state index in [9.17, 15) is 14.3 Å². The smallest absolute Gasteiger partial charge is 0.266 e. The lowest BCUT2D eigenvalue weighted by Gasteiger charge is -2.22. The number of benzene rings is 1. The van der Waals surface area contributed by atoms with Crippen LogP contribution in [0.2, 0.25) is 5.02 Å². The SMILES string of the molecule is O=c1c2cnn(Cc3ccccc3F)c2ccn1-c1cc(NC(CO)C2CCOC2)ncc1Cl. The fourth-order valence-corrected chi connectivity index (χ4v) is 4.44. The number of hydrogen-bond donors (Lipinski definition) is 2. The number of ether oxygens (including phenoxy) is 1. The molecule has 0 saturated carbocycles. The fourth-order valence-electron chi connectivity index (χ4n) is 4.25. The molecule has 0 bridgehead atoms. The number of anilines is 1. The van der Waals surface area contributed by atoms with Crippen molar-refractivity contribution >= 4 is 28.3 Å². The van der Waals surface area contributed by atoms with E-state index in [-0.39, 0.29) is 36.5 Å². The number of pyridine rings is 2. The third-order valence-corrected chi connectivity index (χ3v) is 6.44. The van der Waals surface area contributed by atoms with Crippen molar-refractivity contribution in [3.8, 4) is 5.69 Å². The van der Waals surface area contributed by atoms with Gasteiger partial charge in [-0.3, -0.25) is 14.0 Å². The van der Waals surface area contributed by atoms with Crippen molar-refractivity contribution in [2.75, 3.05) is 25.1 Å². The largest absolute Gasteiger partial charge is 0.394 e. The zero-order chi connectivity index (χ0) is 23.7. The Bertz CT molecular complexity index is 1380. The molecule has 1 aromatic carbocycles. The molecule has 5 rings (SSSR count). The zero-order valence-electron chi connectivity index (χ0n) is 18.2. The summed E-state index contributed by atoms with van der Waals surface area (Å²) in [7, 11) is 0. The maximum atomic E-state index is 14.1.